The first-order chi connectivity index (χ1) is 7.81. The van der Waals surface area contributed by atoms with Crippen LogP contribution in [-0.2, 0) is 15.6 Å². The van der Waals surface area contributed by atoms with E-state index in [2.05, 4.69) is 10.6 Å². The van der Waals surface area contributed by atoms with Gasteiger partial charge in [-0.25, -0.2) is 0 Å². The van der Waals surface area contributed by atoms with E-state index in [0.29, 0.717) is 6.54 Å². The molecule has 0 aromatic rings. The average Bonchev–Trinajstić information content (AvgIpc) is 2.12. The van der Waals surface area contributed by atoms with E-state index in [0.717, 1.165) is 0 Å². The molecule has 0 spiro atoms. The van der Waals surface area contributed by atoms with Gasteiger partial charge in [0.2, 0.25) is 5.91 Å². The minimum atomic E-state index is -1.31. The van der Waals surface area contributed by atoms with Crippen LogP contribution in [0.5, 0.6) is 0 Å². The molecule has 6 heteroatoms. The van der Waals surface area contributed by atoms with Gasteiger partial charge in [0.05, 0.1) is 11.9 Å². The van der Waals surface area contributed by atoms with Crippen molar-refractivity contribution in [2.75, 3.05) is 18.1 Å². The van der Waals surface area contributed by atoms with Crippen LogP contribution in [0.2, 0.25) is 0 Å². The summed E-state index contributed by atoms with van der Waals surface area (Å²) in [6, 6.07) is 0.328. The predicted molar refractivity (Wildman–Crippen MR) is 70.3 cm³/mol. The lowest BCUT2D eigenvalue weighted by atomic mass is 10.3. The van der Waals surface area contributed by atoms with Crippen molar-refractivity contribution < 1.29 is 14.1 Å². The highest BCUT2D eigenvalue weighted by atomic mass is 32.2. The minimum Gasteiger partial charge on any atom is -0.391 e. The van der Waals surface area contributed by atoms with Gasteiger partial charge in [-0.3, -0.25) is 9.00 Å². The lowest BCUT2D eigenvalue weighted by molar-refractivity contribution is -0.119. The van der Waals surface area contributed by atoms with E-state index in [1.165, 1.54) is 0 Å². The fourth-order valence-corrected chi connectivity index (χ4v) is 2.25. The number of aliphatic hydroxyl groups is 1. The predicted octanol–water partition coefficient (Wildman–Crippen LogP) is -0.381. The quantitative estimate of drug-likeness (QED) is 0.558. The third-order valence-electron chi connectivity index (χ3n) is 1.88. The third kappa shape index (κ3) is 10.4. The Labute approximate surface area is 106 Å². The van der Waals surface area contributed by atoms with Crippen LogP contribution in [-0.4, -0.2) is 51.5 Å². The summed E-state index contributed by atoms with van der Waals surface area (Å²) in [6.45, 7) is 8.04. The summed E-state index contributed by atoms with van der Waals surface area (Å²) in [5.74, 6) is -0.148. The van der Waals surface area contributed by atoms with E-state index in [1.54, 1.807) is 0 Å². The number of rotatable bonds is 8. The van der Waals surface area contributed by atoms with Gasteiger partial charge in [0.15, 0.2) is 0 Å². The van der Waals surface area contributed by atoms with Crippen LogP contribution >= 0.6 is 0 Å². The molecule has 3 N–H and O–H groups in total. The Morgan fingerprint density at radius 3 is 2.29 bits per heavy atom. The SMILES string of the molecule is CC(C)NCC(O)CS(=O)CC(=O)NC(C)C. The molecule has 0 rings (SSSR count). The van der Waals surface area contributed by atoms with Gasteiger partial charge in [-0.2, -0.15) is 0 Å². The summed E-state index contributed by atoms with van der Waals surface area (Å²) in [7, 11) is -1.31. The molecule has 0 saturated heterocycles. The van der Waals surface area contributed by atoms with Crippen LogP contribution in [0, 0.1) is 0 Å². The second-order valence-corrected chi connectivity index (χ2v) is 6.19. The molecule has 17 heavy (non-hydrogen) atoms. The Morgan fingerprint density at radius 1 is 1.24 bits per heavy atom. The van der Waals surface area contributed by atoms with Crippen molar-refractivity contribution in [3.8, 4) is 0 Å². The van der Waals surface area contributed by atoms with Gasteiger partial charge in [0, 0.05) is 29.4 Å². The van der Waals surface area contributed by atoms with Crippen molar-refractivity contribution >= 4 is 16.7 Å². The van der Waals surface area contributed by atoms with Crippen molar-refractivity contribution in [2.45, 2.75) is 45.9 Å². The topological polar surface area (TPSA) is 78.4 Å². The molecule has 0 aromatic heterocycles. The van der Waals surface area contributed by atoms with Crippen molar-refractivity contribution in [3.05, 3.63) is 0 Å². The molecule has 0 saturated carbocycles. The minimum absolute atomic E-state index is 0.0447. The van der Waals surface area contributed by atoms with Crippen LogP contribution < -0.4 is 10.6 Å². The zero-order valence-corrected chi connectivity index (χ0v) is 11.8. The number of hydrogen-bond acceptors (Lipinski definition) is 4. The monoisotopic (exact) mass is 264 g/mol. The molecular formula is C11H24N2O3S. The first-order valence-electron chi connectivity index (χ1n) is 5.87. The van der Waals surface area contributed by atoms with Gasteiger partial charge in [-0.05, 0) is 13.8 Å². The molecule has 102 valence electrons. The maximum absolute atomic E-state index is 11.6. The molecule has 2 unspecified atom stereocenters. The second kappa shape index (κ2) is 8.60. The fraction of sp³-hybridized carbons (Fsp3) is 0.909. The molecule has 0 aliphatic rings. The highest BCUT2D eigenvalue weighted by molar-refractivity contribution is 7.85. The first-order valence-corrected chi connectivity index (χ1v) is 7.35. The number of hydrogen-bond donors (Lipinski definition) is 3. The lowest BCUT2D eigenvalue weighted by Gasteiger charge is -2.14. The molecule has 0 heterocycles. The maximum Gasteiger partial charge on any atom is 0.232 e. The van der Waals surface area contributed by atoms with E-state index in [4.69, 9.17) is 0 Å². The van der Waals surface area contributed by atoms with Crippen molar-refractivity contribution in [1.29, 1.82) is 0 Å². The van der Waals surface area contributed by atoms with Crippen LogP contribution in [0.25, 0.3) is 0 Å². The molecular weight excluding hydrogens is 240 g/mol. The van der Waals surface area contributed by atoms with Crippen molar-refractivity contribution in [1.82, 2.24) is 10.6 Å². The van der Waals surface area contributed by atoms with E-state index in [9.17, 15) is 14.1 Å². The van der Waals surface area contributed by atoms with E-state index >= 15 is 0 Å². The zero-order valence-electron chi connectivity index (χ0n) is 11.0. The van der Waals surface area contributed by atoms with E-state index in [-0.39, 0.29) is 29.5 Å². The van der Waals surface area contributed by atoms with Gasteiger partial charge in [0.1, 0.15) is 5.75 Å². The van der Waals surface area contributed by atoms with Crippen LogP contribution in [0.4, 0.5) is 0 Å². The summed E-state index contributed by atoms with van der Waals surface area (Å²) in [4.78, 5) is 11.3. The van der Waals surface area contributed by atoms with Crippen molar-refractivity contribution in [3.63, 3.8) is 0 Å². The van der Waals surface area contributed by atoms with Gasteiger partial charge in [-0.1, -0.05) is 13.8 Å². The molecule has 5 nitrogen and oxygen atoms in total. The van der Waals surface area contributed by atoms with Gasteiger partial charge >= 0.3 is 0 Å². The molecule has 0 aromatic carbocycles. The van der Waals surface area contributed by atoms with E-state index < -0.39 is 16.9 Å². The zero-order chi connectivity index (χ0) is 13.4. The fourth-order valence-electron chi connectivity index (χ4n) is 1.21. The summed E-state index contributed by atoms with van der Waals surface area (Å²) >= 11 is 0. The molecule has 0 aliphatic heterocycles. The lowest BCUT2D eigenvalue weighted by Crippen LogP contribution is -2.38. The summed E-state index contributed by atoms with van der Waals surface area (Å²) < 4.78 is 11.6. The number of carbonyl (C=O) groups excluding carboxylic acids is 1. The standard InChI is InChI=1S/C11H24N2O3S/c1-8(2)12-5-10(14)6-17(16)7-11(15)13-9(3)4/h8-10,12,14H,5-7H2,1-4H3,(H,13,15). The largest absolute Gasteiger partial charge is 0.391 e. The molecule has 0 bridgehead atoms. The number of carbonyl (C=O) groups is 1. The number of aliphatic hydroxyl groups excluding tert-OH is 1. The molecule has 0 fully saturated rings. The Bertz CT molecular complexity index is 257. The normalized spacial score (nSPS) is 15.0. The summed E-state index contributed by atoms with van der Waals surface area (Å²) in [5, 5.41) is 15.3. The third-order valence-corrected chi connectivity index (χ3v) is 3.22. The highest BCUT2D eigenvalue weighted by Crippen LogP contribution is 1.91. The van der Waals surface area contributed by atoms with Gasteiger partial charge in [0.25, 0.3) is 0 Å². The Hall–Kier alpha value is -0.460. The average molecular weight is 264 g/mol. The van der Waals surface area contributed by atoms with Crippen LogP contribution in [0.3, 0.4) is 0 Å². The Morgan fingerprint density at radius 2 is 1.82 bits per heavy atom. The summed E-state index contributed by atoms with van der Waals surface area (Å²) in [5.41, 5.74) is 0. The van der Waals surface area contributed by atoms with Gasteiger partial charge in [-0.15, -0.1) is 0 Å². The Balaban J connectivity index is 3.81. The number of nitrogens with one attached hydrogen (secondary N) is 2. The Kier molecular flexibility index (Phi) is 8.37. The maximum atomic E-state index is 11.6. The van der Waals surface area contributed by atoms with Crippen molar-refractivity contribution in [2.24, 2.45) is 0 Å². The van der Waals surface area contributed by atoms with E-state index in [1.807, 2.05) is 27.7 Å². The van der Waals surface area contributed by atoms with Crippen LogP contribution in [0.1, 0.15) is 27.7 Å². The molecule has 2 atom stereocenters. The smallest absolute Gasteiger partial charge is 0.232 e. The molecule has 1 amide bonds. The van der Waals surface area contributed by atoms with Gasteiger partial charge < -0.3 is 15.7 Å². The number of amides is 1. The van der Waals surface area contributed by atoms with Crippen LogP contribution in [0.15, 0.2) is 0 Å². The molecule has 0 aliphatic carbocycles. The molecule has 0 radical (unpaired) electrons. The second-order valence-electron chi connectivity index (χ2n) is 4.69. The first kappa shape index (κ1) is 16.5. The highest BCUT2D eigenvalue weighted by Gasteiger charge is 2.13. The summed E-state index contributed by atoms with van der Waals surface area (Å²) in [6.07, 6.45) is -0.676.